The van der Waals surface area contributed by atoms with Gasteiger partial charge in [0.2, 0.25) is 5.91 Å². The molecule has 2 aromatic heterocycles. The number of pyridine rings is 2. The zero-order valence-electron chi connectivity index (χ0n) is 25.3. The highest BCUT2D eigenvalue weighted by atomic mass is 19.2. The Morgan fingerprint density at radius 1 is 1.18 bits per heavy atom. The van der Waals surface area contributed by atoms with Crippen LogP contribution in [0.3, 0.4) is 0 Å². The van der Waals surface area contributed by atoms with Gasteiger partial charge >= 0.3 is 0 Å². The molecular formula is C34H34F2N4O4. The number of aromatic nitrogens is 2. The van der Waals surface area contributed by atoms with E-state index in [0.29, 0.717) is 45.1 Å². The largest absolute Gasteiger partial charge is 0.494 e. The van der Waals surface area contributed by atoms with E-state index in [1.807, 2.05) is 26.0 Å². The molecule has 2 amide bonds. The Hall–Kier alpha value is -4.60. The van der Waals surface area contributed by atoms with Gasteiger partial charge in [0, 0.05) is 45.9 Å². The van der Waals surface area contributed by atoms with Crippen LogP contribution in [0.2, 0.25) is 0 Å². The molecule has 8 nitrogen and oxygen atoms in total. The van der Waals surface area contributed by atoms with Gasteiger partial charge < -0.3 is 20.5 Å². The van der Waals surface area contributed by atoms with Gasteiger partial charge in [0.1, 0.15) is 34.7 Å². The summed E-state index contributed by atoms with van der Waals surface area (Å²) in [4.78, 5) is 35.7. The first-order valence-electron chi connectivity index (χ1n) is 14.5. The maximum atomic E-state index is 14.7. The number of hydrogen-bond donors (Lipinski definition) is 2. The van der Waals surface area contributed by atoms with Crippen molar-refractivity contribution >= 4 is 22.7 Å². The van der Waals surface area contributed by atoms with E-state index in [2.05, 4.69) is 10.3 Å². The lowest BCUT2D eigenvalue weighted by atomic mass is 9.77. The van der Waals surface area contributed by atoms with Crippen molar-refractivity contribution in [2.24, 2.45) is 11.7 Å². The zero-order valence-corrected chi connectivity index (χ0v) is 25.3. The molecule has 3 N–H and O–H groups in total. The molecule has 1 aliphatic carbocycles. The van der Waals surface area contributed by atoms with E-state index in [4.69, 9.17) is 20.2 Å². The van der Waals surface area contributed by atoms with E-state index in [1.54, 1.807) is 25.3 Å². The van der Waals surface area contributed by atoms with Gasteiger partial charge in [0.05, 0.1) is 7.11 Å². The lowest BCUT2D eigenvalue weighted by Gasteiger charge is -2.31. The number of hydrogen-bond acceptors (Lipinski definition) is 6. The van der Waals surface area contributed by atoms with E-state index in [9.17, 15) is 18.4 Å². The molecule has 0 unspecified atom stereocenters. The van der Waals surface area contributed by atoms with Crippen LogP contribution in [0, 0.1) is 31.4 Å². The van der Waals surface area contributed by atoms with E-state index < -0.39 is 28.4 Å². The predicted octanol–water partition coefficient (Wildman–Crippen LogP) is 5.43. The van der Waals surface area contributed by atoms with Crippen LogP contribution in [0.25, 0.3) is 22.2 Å². The molecule has 0 saturated heterocycles. The molecule has 0 radical (unpaired) electrons. The summed E-state index contributed by atoms with van der Waals surface area (Å²) in [5, 5.41) is 3.89. The maximum absolute atomic E-state index is 14.7. The van der Waals surface area contributed by atoms with E-state index in [0.717, 1.165) is 29.9 Å². The lowest BCUT2D eigenvalue weighted by Crippen LogP contribution is -2.42. The molecule has 1 aliphatic heterocycles. The monoisotopic (exact) mass is 600 g/mol. The van der Waals surface area contributed by atoms with Gasteiger partial charge in [-0.25, -0.2) is 13.8 Å². The molecule has 44 heavy (non-hydrogen) atoms. The Morgan fingerprint density at radius 2 is 1.93 bits per heavy atom. The van der Waals surface area contributed by atoms with Crippen molar-refractivity contribution in [3.8, 4) is 22.8 Å². The lowest BCUT2D eigenvalue weighted by molar-refractivity contribution is -0.123. The van der Waals surface area contributed by atoms with Crippen molar-refractivity contribution in [3.63, 3.8) is 0 Å². The number of halogens is 2. The normalized spacial score (nSPS) is 18.8. The molecule has 0 bridgehead atoms. The first-order chi connectivity index (χ1) is 20.9. The summed E-state index contributed by atoms with van der Waals surface area (Å²) in [6, 6.07) is 9.74. The minimum Gasteiger partial charge on any atom is -0.494 e. The SMILES string of the molecule is COc1cc(C(=O)NC[C@](C)(c2cc3c(c(-c4ccc(F)c(F)c4C)n2)OC[C@]3(C)C(N)=O)C2CC2)cc2cc(C)cnc12. The third kappa shape index (κ3) is 4.73. The number of benzene rings is 2. The van der Waals surface area contributed by atoms with Crippen molar-refractivity contribution in [2.45, 2.75) is 51.4 Å². The molecule has 228 valence electrons. The first kappa shape index (κ1) is 29.5. The molecule has 1 saturated carbocycles. The highest BCUT2D eigenvalue weighted by Gasteiger charge is 2.48. The third-order valence-electron chi connectivity index (χ3n) is 9.26. The highest BCUT2D eigenvalue weighted by Crippen LogP contribution is 2.51. The number of aryl methyl sites for hydroxylation is 1. The molecule has 6 rings (SSSR count). The molecule has 3 heterocycles. The fraction of sp³-hybridized carbons (Fsp3) is 0.353. The first-order valence-corrected chi connectivity index (χ1v) is 14.5. The van der Waals surface area contributed by atoms with Crippen molar-refractivity contribution < 1.29 is 27.8 Å². The number of nitrogens with one attached hydrogen (secondary N) is 1. The smallest absolute Gasteiger partial charge is 0.251 e. The van der Waals surface area contributed by atoms with Crippen LogP contribution >= 0.6 is 0 Å². The Kier molecular flexibility index (Phi) is 7.06. The van der Waals surface area contributed by atoms with Gasteiger partial charge in [-0.15, -0.1) is 0 Å². The number of primary amides is 1. The maximum Gasteiger partial charge on any atom is 0.251 e. The van der Waals surface area contributed by atoms with Crippen LogP contribution in [-0.2, 0) is 15.6 Å². The van der Waals surface area contributed by atoms with Crippen molar-refractivity contribution in [2.75, 3.05) is 20.3 Å². The van der Waals surface area contributed by atoms with Crippen molar-refractivity contribution in [1.29, 1.82) is 0 Å². The minimum atomic E-state index is -1.16. The summed E-state index contributed by atoms with van der Waals surface area (Å²) in [6.07, 6.45) is 3.59. The van der Waals surface area contributed by atoms with E-state index in [1.165, 1.54) is 20.1 Å². The molecule has 4 aromatic rings. The second-order valence-electron chi connectivity index (χ2n) is 12.4. The molecule has 0 spiro atoms. The molecule has 1 fully saturated rings. The quantitative estimate of drug-likeness (QED) is 0.279. The fourth-order valence-electron chi connectivity index (χ4n) is 6.11. The molecule has 2 atom stereocenters. The summed E-state index contributed by atoms with van der Waals surface area (Å²) in [7, 11) is 1.54. The topological polar surface area (TPSA) is 116 Å². The van der Waals surface area contributed by atoms with Crippen molar-refractivity contribution in [1.82, 2.24) is 15.3 Å². The standard InChI is InChI=1S/C34H34F2N4O4/c1-17-10-19-11-20(12-25(43-5)28(19)38-14-17)31(41)39-15-33(3,21-6-7-21)26-13-23-30(44-16-34(23,4)32(37)42)29(40-26)22-8-9-24(35)27(36)18(22)2/h8-14,21H,6-7,15-16H2,1-5H3,(H2,37,42)(H,39,41)/t33-,34-/m0/s1. The second-order valence-corrected chi connectivity index (χ2v) is 12.4. The van der Waals surface area contributed by atoms with Gasteiger partial charge in [-0.2, -0.15) is 0 Å². The number of ether oxygens (including phenoxy) is 2. The zero-order chi connectivity index (χ0) is 31.6. The van der Waals surface area contributed by atoms with Crippen LogP contribution in [0.15, 0.2) is 42.6 Å². The van der Waals surface area contributed by atoms with Gasteiger partial charge in [-0.3, -0.25) is 14.6 Å². The van der Waals surface area contributed by atoms with Crippen LogP contribution in [0.4, 0.5) is 8.78 Å². The summed E-state index contributed by atoms with van der Waals surface area (Å²) in [5.41, 5.74) is 7.96. The van der Waals surface area contributed by atoms with Crippen LogP contribution in [0.1, 0.15) is 59.4 Å². The molecule has 2 aromatic carbocycles. The van der Waals surface area contributed by atoms with Crippen LogP contribution in [-0.4, -0.2) is 42.0 Å². The number of rotatable bonds is 8. The number of carbonyl (C=O) groups is 2. The Bertz CT molecular complexity index is 1860. The van der Waals surface area contributed by atoms with Crippen LogP contribution in [0.5, 0.6) is 11.5 Å². The second kappa shape index (κ2) is 10.5. The predicted molar refractivity (Wildman–Crippen MR) is 162 cm³/mol. The number of nitrogens with two attached hydrogens (primary N) is 1. The Morgan fingerprint density at radius 3 is 2.61 bits per heavy atom. The van der Waals surface area contributed by atoms with Crippen LogP contribution < -0.4 is 20.5 Å². The number of amides is 2. The number of methoxy groups -OCH3 is 1. The number of nitrogens with zero attached hydrogens (tertiary/aromatic N) is 2. The Balaban J connectivity index is 1.42. The van der Waals surface area contributed by atoms with Gasteiger partial charge in [0.25, 0.3) is 5.91 Å². The average molecular weight is 601 g/mol. The van der Waals surface area contributed by atoms with Crippen molar-refractivity contribution in [3.05, 3.63) is 82.2 Å². The molecular weight excluding hydrogens is 566 g/mol. The van der Waals surface area contributed by atoms with Gasteiger partial charge in [0.15, 0.2) is 11.6 Å². The van der Waals surface area contributed by atoms with Gasteiger partial charge in [-0.1, -0.05) is 6.92 Å². The fourth-order valence-corrected chi connectivity index (χ4v) is 6.11. The Labute approximate surface area is 254 Å². The minimum absolute atomic E-state index is 0.00642. The van der Waals surface area contributed by atoms with E-state index >= 15 is 0 Å². The summed E-state index contributed by atoms with van der Waals surface area (Å²) < 4.78 is 40.4. The number of fused-ring (bicyclic) bond motifs is 2. The summed E-state index contributed by atoms with van der Waals surface area (Å²) >= 11 is 0. The summed E-state index contributed by atoms with van der Waals surface area (Å²) in [5.74, 6) is -1.81. The van der Waals surface area contributed by atoms with Gasteiger partial charge in [-0.05, 0) is 87.1 Å². The summed E-state index contributed by atoms with van der Waals surface area (Å²) in [6.45, 7) is 7.36. The number of carbonyl (C=O) groups excluding carboxylic acids is 2. The molecule has 10 heteroatoms. The average Bonchev–Trinajstić information content (AvgIpc) is 3.81. The van der Waals surface area contributed by atoms with E-state index in [-0.39, 0.29) is 30.5 Å². The highest BCUT2D eigenvalue weighted by molar-refractivity contribution is 6.00. The molecule has 2 aliphatic rings. The third-order valence-corrected chi connectivity index (χ3v) is 9.26.